The Labute approximate surface area is 212 Å². The van der Waals surface area contributed by atoms with E-state index in [9.17, 15) is 14.7 Å². The lowest BCUT2D eigenvalue weighted by molar-refractivity contribution is 0.0963. The first-order valence-corrected chi connectivity index (χ1v) is 11.6. The molecule has 2 aromatic heterocycles. The molecule has 5 rings (SSSR count). The minimum atomic E-state index is -0.639. The molecule has 1 amide bonds. The van der Waals surface area contributed by atoms with Gasteiger partial charge in [0.25, 0.3) is 17.4 Å². The van der Waals surface area contributed by atoms with Crippen molar-refractivity contribution in [1.82, 2.24) is 19.9 Å². The molecule has 9 heteroatoms. The lowest BCUT2D eigenvalue weighted by Crippen LogP contribution is -2.33. The second kappa shape index (κ2) is 9.62. The molecule has 1 atom stereocenters. The van der Waals surface area contributed by atoms with Gasteiger partial charge in [0.15, 0.2) is 11.3 Å². The fourth-order valence-corrected chi connectivity index (χ4v) is 4.40. The fourth-order valence-electron chi connectivity index (χ4n) is 4.40. The second-order valence-corrected chi connectivity index (χ2v) is 8.59. The summed E-state index contributed by atoms with van der Waals surface area (Å²) in [7, 11) is 4.93. The van der Waals surface area contributed by atoms with E-state index < -0.39 is 17.4 Å². The minimum Gasteiger partial charge on any atom is -0.501 e. The molecule has 1 unspecified atom stereocenters. The van der Waals surface area contributed by atoms with Crippen LogP contribution in [0.2, 0.25) is 0 Å². The number of nitrogens with zero attached hydrogens (tertiary/aromatic N) is 4. The first kappa shape index (κ1) is 23.8. The number of benzene rings is 3. The zero-order valence-corrected chi connectivity index (χ0v) is 20.5. The summed E-state index contributed by atoms with van der Waals surface area (Å²) in [6, 6.07) is 23.7. The molecule has 186 valence electrons. The van der Waals surface area contributed by atoms with Gasteiger partial charge in [-0.05, 0) is 35.4 Å². The average molecular weight is 496 g/mol. The predicted molar refractivity (Wildman–Crippen MR) is 141 cm³/mol. The highest BCUT2D eigenvalue weighted by Crippen LogP contribution is 2.34. The Morgan fingerprint density at radius 2 is 1.70 bits per heavy atom. The molecule has 0 bridgehead atoms. The van der Waals surface area contributed by atoms with Crippen LogP contribution in [-0.4, -0.2) is 39.6 Å². The Kier molecular flexibility index (Phi) is 6.19. The number of aromatic nitrogens is 3. The zero-order valence-electron chi connectivity index (χ0n) is 20.5. The van der Waals surface area contributed by atoms with Crippen LogP contribution in [0.25, 0.3) is 22.7 Å². The minimum absolute atomic E-state index is 0.0453. The number of carbonyl (C=O) groups is 1. The van der Waals surface area contributed by atoms with Crippen LogP contribution in [-0.2, 0) is 7.05 Å². The Morgan fingerprint density at radius 3 is 2.43 bits per heavy atom. The van der Waals surface area contributed by atoms with E-state index in [4.69, 9.17) is 4.42 Å². The average Bonchev–Trinajstić information content (AvgIpc) is 3.36. The number of hydrogen-bond donors (Lipinski definition) is 2. The van der Waals surface area contributed by atoms with Crippen molar-refractivity contribution in [1.29, 1.82) is 0 Å². The van der Waals surface area contributed by atoms with Crippen LogP contribution in [0.4, 0.5) is 5.95 Å². The number of rotatable bonds is 6. The van der Waals surface area contributed by atoms with Crippen molar-refractivity contribution in [3.63, 3.8) is 0 Å². The molecule has 0 aliphatic rings. The highest BCUT2D eigenvalue weighted by Gasteiger charge is 2.27. The molecule has 37 heavy (non-hydrogen) atoms. The van der Waals surface area contributed by atoms with Gasteiger partial charge < -0.3 is 19.7 Å². The van der Waals surface area contributed by atoms with Crippen molar-refractivity contribution in [2.45, 2.75) is 6.04 Å². The number of amides is 1. The number of nitrogens with one attached hydrogen (secondary N) is 1. The zero-order chi connectivity index (χ0) is 26.1. The summed E-state index contributed by atoms with van der Waals surface area (Å²) in [5.41, 5.74) is 2.66. The Balaban J connectivity index is 1.68. The number of carbonyl (C=O) groups excluding carboxylic acids is 1. The summed E-state index contributed by atoms with van der Waals surface area (Å²) in [4.78, 5) is 36.3. The number of para-hydroxylation sites is 2. The molecular weight excluding hydrogens is 470 g/mol. The lowest BCUT2D eigenvalue weighted by Gasteiger charge is -2.31. The second-order valence-electron chi connectivity index (χ2n) is 8.59. The van der Waals surface area contributed by atoms with Crippen LogP contribution in [0.1, 0.15) is 27.5 Å². The molecule has 2 N–H and O–H groups in total. The fraction of sp³-hybridized carbons (Fsp3) is 0.143. The van der Waals surface area contributed by atoms with E-state index in [0.29, 0.717) is 16.7 Å². The molecular formula is C28H25N5O4. The maximum atomic E-state index is 13.1. The first-order chi connectivity index (χ1) is 17.9. The van der Waals surface area contributed by atoms with Crippen LogP contribution in [0.5, 0.6) is 5.75 Å². The van der Waals surface area contributed by atoms with E-state index in [1.165, 1.54) is 4.57 Å². The van der Waals surface area contributed by atoms with Crippen molar-refractivity contribution in [2.24, 2.45) is 7.05 Å². The molecule has 0 radical (unpaired) electrons. The van der Waals surface area contributed by atoms with Gasteiger partial charge in [0.1, 0.15) is 5.52 Å². The SMILES string of the molecule is CNC(=O)c1cccc(C(c2ccccc2)N(C)c2nc(-c3nc4ccccc4o3)c(O)c(=O)n2C)c1. The van der Waals surface area contributed by atoms with E-state index in [1.54, 1.807) is 39.3 Å². The molecule has 2 heterocycles. The summed E-state index contributed by atoms with van der Waals surface area (Å²) in [5, 5.41) is 13.4. The van der Waals surface area contributed by atoms with Gasteiger partial charge in [0, 0.05) is 26.7 Å². The van der Waals surface area contributed by atoms with E-state index in [0.717, 1.165) is 11.1 Å². The summed E-state index contributed by atoms with van der Waals surface area (Å²) < 4.78 is 7.08. The van der Waals surface area contributed by atoms with Crippen LogP contribution in [0, 0.1) is 0 Å². The van der Waals surface area contributed by atoms with Gasteiger partial charge in [-0.1, -0.05) is 54.6 Å². The van der Waals surface area contributed by atoms with Gasteiger partial charge in [-0.15, -0.1) is 0 Å². The van der Waals surface area contributed by atoms with Crippen molar-refractivity contribution in [3.8, 4) is 17.3 Å². The number of anilines is 1. The summed E-state index contributed by atoms with van der Waals surface area (Å²) in [6.07, 6.45) is 0. The van der Waals surface area contributed by atoms with Crippen LogP contribution in [0.3, 0.4) is 0 Å². The van der Waals surface area contributed by atoms with Gasteiger partial charge in [-0.25, -0.2) is 9.97 Å². The molecule has 0 saturated heterocycles. The van der Waals surface area contributed by atoms with Gasteiger partial charge >= 0.3 is 0 Å². The monoisotopic (exact) mass is 495 g/mol. The molecule has 3 aromatic carbocycles. The predicted octanol–water partition coefficient (Wildman–Crippen LogP) is 3.88. The summed E-state index contributed by atoms with van der Waals surface area (Å²) in [6.45, 7) is 0. The Bertz CT molecular complexity index is 1630. The van der Waals surface area contributed by atoms with Gasteiger partial charge in [-0.2, -0.15) is 0 Å². The molecule has 0 aliphatic carbocycles. The van der Waals surface area contributed by atoms with Crippen LogP contribution >= 0.6 is 0 Å². The van der Waals surface area contributed by atoms with E-state index in [2.05, 4.69) is 15.3 Å². The number of aromatic hydroxyl groups is 1. The molecule has 0 fully saturated rings. The standard InChI is InChI=1S/C28H25N5O4/c1-29-25(35)19-13-9-12-18(16-19)23(17-10-5-4-6-11-17)32(2)28-31-22(24(34)27(36)33(28)3)26-30-20-14-7-8-15-21(20)37-26/h4-16,23,34H,1-3H3,(H,29,35). The number of oxazole rings is 1. The first-order valence-electron chi connectivity index (χ1n) is 11.6. The quantitative estimate of drug-likeness (QED) is 0.368. The van der Waals surface area contributed by atoms with Crippen molar-refractivity contribution in [3.05, 3.63) is 106 Å². The molecule has 9 nitrogen and oxygen atoms in total. The third-order valence-electron chi connectivity index (χ3n) is 6.25. The smallest absolute Gasteiger partial charge is 0.297 e. The highest BCUT2D eigenvalue weighted by atomic mass is 16.4. The normalized spacial score (nSPS) is 11.9. The molecule has 0 aliphatic heterocycles. The van der Waals surface area contributed by atoms with Gasteiger partial charge in [0.2, 0.25) is 11.7 Å². The Hall–Kier alpha value is -4.92. The Morgan fingerprint density at radius 1 is 1.00 bits per heavy atom. The van der Waals surface area contributed by atoms with Gasteiger partial charge in [0.05, 0.1) is 6.04 Å². The highest BCUT2D eigenvalue weighted by molar-refractivity contribution is 5.94. The number of hydrogen-bond acceptors (Lipinski definition) is 7. The largest absolute Gasteiger partial charge is 0.501 e. The third kappa shape index (κ3) is 4.31. The van der Waals surface area contributed by atoms with Gasteiger partial charge in [-0.3, -0.25) is 14.2 Å². The van der Waals surface area contributed by atoms with Crippen LogP contribution in [0.15, 0.2) is 88.1 Å². The molecule has 5 aromatic rings. The summed E-state index contributed by atoms with van der Waals surface area (Å²) >= 11 is 0. The number of fused-ring (bicyclic) bond motifs is 1. The van der Waals surface area contributed by atoms with Crippen molar-refractivity contribution in [2.75, 3.05) is 19.0 Å². The summed E-state index contributed by atoms with van der Waals surface area (Å²) in [5.74, 6) is -0.433. The third-order valence-corrected chi connectivity index (χ3v) is 6.25. The topological polar surface area (TPSA) is 113 Å². The molecule has 0 spiro atoms. The van der Waals surface area contributed by atoms with E-state index in [1.807, 2.05) is 65.6 Å². The van der Waals surface area contributed by atoms with Crippen molar-refractivity contribution < 1.29 is 14.3 Å². The lowest BCUT2D eigenvalue weighted by atomic mass is 9.96. The maximum absolute atomic E-state index is 13.1. The van der Waals surface area contributed by atoms with E-state index >= 15 is 0 Å². The maximum Gasteiger partial charge on any atom is 0.297 e. The molecule has 0 saturated carbocycles. The van der Waals surface area contributed by atoms with Crippen molar-refractivity contribution >= 4 is 23.0 Å². The van der Waals surface area contributed by atoms with E-state index in [-0.39, 0.29) is 23.4 Å². The van der Waals surface area contributed by atoms with Crippen LogP contribution < -0.4 is 15.8 Å².